The predicted octanol–water partition coefficient (Wildman–Crippen LogP) is 2.49. The van der Waals surface area contributed by atoms with Gasteiger partial charge in [-0.3, -0.25) is 24.3 Å². The molecular weight excluding hydrogens is 580 g/mol. The number of hydrogen-bond donors (Lipinski definition) is 0. The van der Waals surface area contributed by atoms with Crippen LogP contribution in [0.15, 0.2) is 36.9 Å². The minimum atomic E-state index is -0.854. The topological polar surface area (TPSA) is 130 Å². The molecule has 1 aromatic carbocycles. The Bertz CT molecular complexity index is 1500. The normalized spacial score (nSPS) is 16.8. The molecule has 2 saturated heterocycles. The summed E-state index contributed by atoms with van der Waals surface area (Å²) in [5.74, 6) is -2.80. The smallest absolute Gasteiger partial charge is 0.414 e. The third-order valence-corrected chi connectivity index (χ3v) is 7.59. The van der Waals surface area contributed by atoms with E-state index in [1.165, 1.54) is 16.0 Å². The van der Waals surface area contributed by atoms with Crippen molar-refractivity contribution >= 4 is 40.9 Å². The molecule has 2 aliphatic heterocycles. The summed E-state index contributed by atoms with van der Waals surface area (Å²) in [5.41, 5.74) is 0.463. The van der Waals surface area contributed by atoms with Crippen LogP contribution in [0.25, 0.3) is 5.65 Å². The highest BCUT2D eigenvalue weighted by Crippen LogP contribution is 2.32. The molecule has 0 N–H and O–H groups in total. The highest BCUT2D eigenvalue weighted by molar-refractivity contribution is 5.95. The van der Waals surface area contributed by atoms with Gasteiger partial charge < -0.3 is 28.6 Å². The number of anilines is 2. The molecule has 2 aromatic heterocycles. The number of piperazine rings is 1. The Morgan fingerprint density at radius 3 is 2.50 bits per heavy atom. The van der Waals surface area contributed by atoms with E-state index in [1.54, 1.807) is 41.7 Å². The van der Waals surface area contributed by atoms with Gasteiger partial charge in [0, 0.05) is 69.9 Å². The Morgan fingerprint density at radius 2 is 1.84 bits per heavy atom. The van der Waals surface area contributed by atoms with Crippen molar-refractivity contribution in [2.45, 2.75) is 32.8 Å². The molecule has 3 aromatic rings. The second-order valence-electron chi connectivity index (χ2n) is 10.4. The average molecular weight is 614 g/mol. The Hall–Kier alpha value is -4.82. The molecule has 4 heterocycles. The average Bonchev–Trinajstić information content (AvgIpc) is 3.62. The molecule has 0 spiro atoms. The second-order valence-corrected chi connectivity index (χ2v) is 10.4. The first-order valence-electron chi connectivity index (χ1n) is 14.4. The number of cyclic esters (lactones) is 1. The molecular formula is C29H33F2N7O6. The van der Waals surface area contributed by atoms with Crippen LogP contribution in [0.1, 0.15) is 37.2 Å². The molecule has 1 atom stereocenters. The maximum Gasteiger partial charge on any atom is 0.414 e. The fourth-order valence-electron chi connectivity index (χ4n) is 5.28. The number of fused-ring (bicyclic) bond motifs is 1. The molecule has 13 nitrogen and oxygen atoms in total. The van der Waals surface area contributed by atoms with E-state index >= 15 is 8.78 Å². The van der Waals surface area contributed by atoms with Crippen LogP contribution in [-0.4, -0.2) is 107 Å². The third-order valence-electron chi connectivity index (χ3n) is 7.59. The summed E-state index contributed by atoms with van der Waals surface area (Å²) in [4.78, 5) is 64.0. The van der Waals surface area contributed by atoms with Crippen LogP contribution in [0.4, 0.5) is 25.0 Å². The van der Waals surface area contributed by atoms with E-state index < -0.39 is 29.8 Å². The summed E-state index contributed by atoms with van der Waals surface area (Å²) >= 11 is 0. The summed E-state index contributed by atoms with van der Waals surface area (Å²) in [6.45, 7) is 4.60. The largest absolute Gasteiger partial charge is 0.466 e. The van der Waals surface area contributed by atoms with E-state index in [0.29, 0.717) is 5.65 Å². The zero-order chi connectivity index (χ0) is 31.4. The van der Waals surface area contributed by atoms with Crippen molar-refractivity contribution in [2.75, 3.05) is 62.2 Å². The number of imidazole rings is 1. The predicted molar refractivity (Wildman–Crippen MR) is 153 cm³/mol. The molecule has 0 aliphatic carbocycles. The number of rotatable bonds is 10. The summed E-state index contributed by atoms with van der Waals surface area (Å²) in [6.07, 6.45) is 5.28. The number of carbonyl (C=O) groups is 4. The molecule has 3 amide bonds. The Kier molecular flexibility index (Phi) is 9.20. The Morgan fingerprint density at radius 1 is 1.11 bits per heavy atom. The van der Waals surface area contributed by atoms with Gasteiger partial charge in [0.2, 0.25) is 5.91 Å². The molecule has 44 heavy (non-hydrogen) atoms. The first-order valence-corrected chi connectivity index (χ1v) is 14.4. The van der Waals surface area contributed by atoms with Gasteiger partial charge in [-0.1, -0.05) is 0 Å². The molecule has 0 bridgehead atoms. The van der Waals surface area contributed by atoms with Crippen molar-refractivity contribution < 1.29 is 37.4 Å². The van der Waals surface area contributed by atoms with Crippen LogP contribution < -0.4 is 9.80 Å². The van der Waals surface area contributed by atoms with Crippen LogP contribution in [0.5, 0.6) is 0 Å². The molecule has 2 aliphatic rings. The summed E-state index contributed by atoms with van der Waals surface area (Å²) < 4.78 is 42.3. The van der Waals surface area contributed by atoms with Crippen LogP contribution in [0.2, 0.25) is 0 Å². The number of carbonyl (C=O) groups excluding carboxylic acids is 4. The molecule has 2 fully saturated rings. The number of ether oxygens (including phenoxy) is 2. The first-order chi connectivity index (χ1) is 21.2. The first kappa shape index (κ1) is 30.6. The number of nitrogens with zero attached hydrogens (tertiary/aromatic N) is 7. The number of benzene rings is 1. The van der Waals surface area contributed by atoms with Crippen LogP contribution in [0, 0.1) is 11.6 Å². The van der Waals surface area contributed by atoms with Gasteiger partial charge in [0.05, 0.1) is 25.0 Å². The maximum atomic E-state index is 15.3. The lowest BCUT2D eigenvalue weighted by molar-refractivity contribution is -0.143. The van der Waals surface area contributed by atoms with Gasteiger partial charge in [0.15, 0.2) is 17.3 Å². The van der Waals surface area contributed by atoms with E-state index in [2.05, 4.69) is 9.97 Å². The zero-order valence-corrected chi connectivity index (χ0v) is 24.4. The van der Waals surface area contributed by atoms with Gasteiger partial charge in [-0.2, -0.15) is 0 Å². The summed E-state index contributed by atoms with van der Waals surface area (Å²) in [7, 11) is 0. The molecule has 234 valence electrons. The van der Waals surface area contributed by atoms with Gasteiger partial charge in [0.1, 0.15) is 24.0 Å². The number of hydrogen-bond acceptors (Lipinski definition) is 9. The molecule has 0 radical (unpaired) electrons. The zero-order valence-electron chi connectivity index (χ0n) is 24.4. The summed E-state index contributed by atoms with van der Waals surface area (Å²) in [5, 5.41) is 0. The monoisotopic (exact) mass is 613 g/mol. The fraction of sp³-hybridized carbons (Fsp3) is 0.448. The van der Waals surface area contributed by atoms with E-state index in [9.17, 15) is 19.2 Å². The number of esters is 1. The standard InChI is InChI=1S/C29H33F2N7O6/c1-3-34(28(41)23-17-37-8-7-32-15-24(37)33-23)18-25(39)35-9-11-36(12-10-35)27-21(30)13-19(14-22(27)31)38-16-20(44-29(38)42)5-6-26(40)43-4-2/h7-8,13-15,17,20H,3-6,9-12,16,18H2,1-2H3/t20-/m0/s1. The van der Waals surface area contributed by atoms with Crippen molar-refractivity contribution in [3.8, 4) is 0 Å². The molecule has 15 heteroatoms. The quantitative estimate of drug-likeness (QED) is 0.317. The van der Waals surface area contributed by atoms with Gasteiger partial charge in [0.25, 0.3) is 5.91 Å². The highest BCUT2D eigenvalue weighted by atomic mass is 19.1. The molecule has 0 saturated carbocycles. The van der Waals surface area contributed by atoms with Gasteiger partial charge in [-0.15, -0.1) is 0 Å². The van der Waals surface area contributed by atoms with E-state index in [0.717, 1.165) is 17.0 Å². The third kappa shape index (κ3) is 6.55. The number of amides is 3. The minimum Gasteiger partial charge on any atom is -0.466 e. The Labute approximate surface area is 251 Å². The fourth-order valence-corrected chi connectivity index (χ4v) is 5.28. The highest BCUT2D eigenvalue weighted by Gasteiger charge is 2.34. The van der Waals surface area contributed by atoms with Crippen molar-refractivity contribution in [3.05, 3.63) is 54.2 Å². The molecule has 5 rings (SSSR count). The lowest BCUT2D eigenvalue weighted by atomic mass is 10.1. The second kappa shape index (κ2) is 13.2. The number of halogens is 2. The van der Waals surface area contributed by atoms with Gasteiger partial charge >= 0.3 is 12.1 Å². The maximum absolute atomic E-state index is 15.3. The van der Waals surface area contributed by atoms with E-state index in [1.807, 2.05) is 0 Å². The van der Waals surface area contributed by atoms with Crippen molar-refractivity contribution in [3.63, 3.8) is 0 Å². The summed E-state index contributed by atoms with van der Waals surface area (Å²) in [6, 6.07) is 2.15. The molecule has 0 unspecified atom stereocenters. The Balaban J connectivity index is 1.17. The minimum absolute atomic E-state index is 0.00685. The number of likely N-dealkylation sites (N-methyl/N-ethyl adjacent to an activating group) is 1. The van der Waals surface area contributed by atoms with Crippen LogP contribution >= 0.6 is 0 Å². The SMILES string of the molecule is CCOC(=O)CC[C@H]1CN(c2cc(F)c(N3CCN(C(=O)CN(CC)C(=O)c4cn5ccncc5n4)CC3)c(F)c2)C(=O)O1. The van der Waals surface area contributed by atoms with Crippen molar-refractivity contribution in [1.82, 2.24) is 24.2 Å². The lowest BCUT2D eigenvalue weighted by Gasteiger charge is -2.37. The van der Waals surface area contributed by atoms with E-state index in [-0.39, 0.29) is 94.1 Å². The van der Waals surface area contributed by atoms with Crippen LogP contribution in [0.3, 0.4) is 0 Å². The van der Waals surface area contributed by atoms with Gasteiger partial charge in [-0.25, -0.2) is 18.6 Å². The van der Waals surface area contributed by atoms with Crippen molar-refractivity contribution in [1.29, 1.82) is 0 Å². The van der Waals surface area contributed by atoms with Crippen LogP contribution in [-0.2, 0) is 19.1 Å². The number of aromatic nitrogens is 3. The van der Waals surface area contributed by atoms with E-state index in [4.69, 9.17) is 9.47 Å². The van der Waals surface area contributed by atoms with Gasteiger partial charge in [-0.05, 0) is 20.3 Å². The lowest BCUT2D eigenvalue weighted by Crippen LogP contribution is -2.52. The van der Waals surface area contributed by atoms with Crippen molar-refractivity contribution in [2.24, 2.45) is 0 Å².